The van der Waals surface area contributed by atoms with Crippen molar-refractivity contribution in [2.45, 2.75) is 37.6 Å². The Hall–Kier alpha value is -1.48. The molecule has 5 atom stereocenters. The number of likely N-dealkylation sites (N-methyl/N-ethyl adjacent to an activating group) is 1. The Kier molecular flexibility index (Phi) is 5.96. The molecule has 0 spiro atoms. The molecule has 1 aliphatic heterocycles. The van der Waals surface area contributed by atoms with E-state index in [2.05, 4.69) is 4.98 Å². The van der Waals surface area contributed by atoms with Gasteiger partial charge in [0.05, 0.1) is 18.2 Å². The van der Waals surface area contributed by atoms with Crippen molar-refractivity contribution in [3.63, 3.8) is 0 Å². The van der Waals surface area contributed by atoms with E-state index in [1.165, 1.54) is 0 Å². The quantitative estimate of drug-likeness (QED) is 0.714. The zero-order chi connectivity index (χ0) is 18.8. The Bertz CT molecular complexity index is 761. The fourth-order valence-corrected chi connectivity index (χ4v) is 3.18. The Morgan fingerprint density at radius 3 is 2.73 bits per heavy atom. The number of benzene rings is 1. The number of anilines is 1. The number of ether oxygens (including phenoxy) is 2. The largest absolute Gasteiger partial charge is 0.388 e. The van der Waals surface area contributed by atoms with Crippen molar-refractivity contribution in [3.05, 3.63) is 35.5 Å². The Morgan fingerprint density at radius 1 is 1.19 bits per heavy atom. The number of halogens is 1. The van der Waals surface area contributed by atoms with Crippen LogP contribution in [0.4, 0.5) is 5.69 Å². The van der Waals surface area contributed by atoms with Crippen LogP contribution in [-0.2, 0) is 9.47 Å². The highest BCUT2D eigenvalue weighted by molar-refractivity contribution is 6.31. The minimum Gasteiger partial charge on any atom is -0.388 e. The third-order valence-electron chi connectivity index (χ3n) is 4.61. The molecule has 26 heavy (non-hydrogen) atoms. The maximum Gasteiger partial charge on any atom is 0.186 e. The summed E-state index contributed by atoms with van der Waals surface area (Å²) in [4.78, 5) is 6.33. The molecular formula is C18H23ClN2O5. The van der Waals surface area contributed by atoms with Gasteiger partial charge in [0.1, 0.15) is 18.3 Å². The molecule has 1 aromatic carbocycles. The second kappa shape index (κ2) is 8.04. The van der Waals surface area contributed by atoms with Crippen LogP contribution in [0.5, 0.6) is 0 Å². The van der Waals surface area contributed by atoms with Crippen LogP contribution in [0.2, 0.25) is 5.02 Å². The normalized spacial score (nSPS) is 29.1. The van der Waals surface area contributed by atoms with Gasteiger partial charge in [-0.1, -0.05) is 11.6 Å². The molecule has 0 radical (unpaired) electrons. The van der Waals surface area contributed by atoms with Crippen LogP contribution >= 0.6 is 11.6 Å². The predicted molar refractivity (Wildman–Crippen MR) is 98.3 cm³/mol. The number of nitrogens with zero attached hydrogens (tertiary/aromatic N) is 2. The second-order valence-corrected chi connectivity index (χ2v) is 6.90. The van der Waals surface area contributed by atoms with Crippen LogP contribution in [0.25, 0.3) is 10.9 Å². The summed E-state index contributed by atoms with van der Waals surface area (Å²) < 4.78 is 11.0. The summed E-state index contributed by atoms with van der Waals surface area (Å²) in [5, 5.41) is 31.1. The van der Waals surface area contributed by atoms with Crippen molar-refractivity contribution in [1.29, 1.82) is 0 Å². The number of aliphatic hydroxyl groups is 3. The number of aromatic nitrogens is 1. The van der Waals surface area contributed by atoms with Gasteiger partial charge in [-0.25, -0.2) is 0 Å². The molecule has 1 saturated heterocycles. The van der Waals surface area contributed by atoms with E-state index in [0.717, 1.165) is 16.6 Å². The number of pyridine rings is 1. The maximum atomic E-state index is 9.98. The van der Waals surface area contributed by atoms with Gasteiger partial charge in [-0.05, 0) is 31.2 Å². The van der Waals surface area contributed by atoms with Gasteiger partial charge in [0.15, 0.2) is 6.29 Å². The van der Waals surface area contributed by atoms with Crippen LogP contribution in [0.3, 0.4) is 0 Å². The average molecular weight is 383 g/mol. The van der Waals surface area contributed by atoms with E-state index in [9.17, 15) is 15.3 Å². The van der Waals surface area contributed by atoms with Crippen molar-refractivity contribution < 1.29 is 24.8 Å². The number of rotatable bonds is 5. The van der Waals surface area contributed by atoms with E-state index in [1.807, 2.05) is 36.2 Å². The molecule has 1 fully saturated rings. The van der Waals surface area contributed by atoms with Crippen LogP contribution in [-0.4, -0.2) is 71.2 Å². The lowest BCUT2D eigenvalue weighted by Gasteiger charge is -2.39. The van der Waals surface area contributed by atoms with Gasteiger partial charge >= 0.3 is 0 Å². The highest BCUT2D eigenvalue weighted by Gasteiger charge is 2.42. The molecule has 0 amide bonds. The van der Waals surface area contributed by atoms with Gasteiger partial charge in [-0.3, -0.25) is 4.98 Å². The first kappa shape index (κ1) is 19.3. The summed E-state index contributed by atoms with van der Waals surface area (Å²) in [6.07, 6.45) is -3.61. The van der Waals surface area contributed by atoms with Crippen molar-refractivity contribution in [1.82, 2.24) is 4.98 Å². The first-order valence-corrected chi connectivity index (χ1v) is 8.83. The lowest BCUT2D eigenvalue weighted by molar-refractivity contribution is -0.292. The van der Waals surface area contributed by atoms with Crippen LogP contribution in [0, 0.1) is 0 Å². The molecule has 2 heterocycles. The monoisotopic (exact) mass is 382 g/mol. The molecule has 3 rings (SSSR count). The number of hydrogen-bond donors (Lipinski definition) is 3. The van der Waals surface area contributed by atoms with Gasteiger partial charge in [-0.15, -0.1) is 0 Å². The van der Waals surface area contributed by atoms with E-state index in [0.29, 0.717) is 11.6 Å². The Balaban J connectivity index is 1.62. The molecule has 0 aliphatic carbocycles. The van der Waals surface area contributed by atoms with E-state index < -0.39 is 30.7 Å². The molecule has 1 aromatic heterocycles. The Morgan fingerprint density at radius 2 is 1.96 bits per heavy atom. The maximum absolute atomic E-state index is 9.98. The molecule has 5 unspecified atom stereocenters. The van der Waals surface area contributed by atoms with E-state index in [4.69, 9.17) is 21.1 Å². The predicted octanol–water partition coefficient (Wildman–Crippen LogP) is 1.17. The third-order valence-corrected chi connectivity index (χ3v) is 4.85. The first-order chi connectivity index (χ1) is 12.4. The minimum absolute atomic E-state index is 0.269. The standard InChI is InChI=1S/C18H23ClN2O5/c1-10-15(22)16(23)17(24)18(26-10)25-8-7-21(2)14-5-6-20-13-9-11(19)3-4-12(13)14/h3-6,9-10,15-18,22-24H,7-8H2,1-2H3. The van der Waals surface area contributed by atoms with Gasteiger partial charge in [0, 0.05) is 35.9 Å². The Labute approximate surface area is 156 Å². The summed E-state index contributed by atoms with van der Waals surface area (Å²) in [6, 6.07) is 7.46. The average Bonchev–Trinajstić information content (AvgIpc) is 2.63. The second-order valence-electron chi connectivity index (χ2n) is 6.47. The highest BCUT2D eigenvalue weighted by Crippen LogP contribution is 2.27. The molecule has 1 aliphatic rings. The topological polar surface area (TPSA) is 95.3 Å². The SMILES string of the molecule is CC1OC(OCCN(C)c2ccnc3cc(Cl)ccc23)C(O)C(O)C1O. The van der Waals surface area contributed by atoms with E-state index in [1.54, 1.807) is 13.1 Å². The fourth-order valence-electron chi connectivity index (χ4n) is 3.02. The number of hydrogen-bond acceptors (Lipinski definition) is 7. The van der Waals surface area contributed by atoms with Crippen molar-refractivity contribution in [2.24, 2.45) is 0 Å². The number of fused-ring (bicyclic) bond motifs is 1. The molecule has 2 aromatic rings. The molecule has 142 valence electrons. The third kappa shape index (κ3) is 3.93. The van der Waals surface area contributed by atoms with Gasteiger partial charge in [-0.2, -0.15) is 0 Å². The van der Waals surface area contributed by atoms with Crippen LogP contribution in [0.15, 0.2) is 30.5 Å². The summed E-state index contributed by atoms with van der Waals surface area (Å²) in [6.45, 7) is 2.42. The lowest BCUT2D eigenvalue weighted by atomic mass is 10.0. The van der Waals surface area contributed by atoms with Crippen molar-refractivity contribution >= 4 is 28.2 Å². The first-order valence-electron chi connectivity index (χ1n) is 8.45. The lowest BCUT2D eigenvalue weighted by Crippen LogP contribution is -2.57. The van der Waals surface area contributed by atoms with E-state index >= 15 is 0 Å². The zero-order valence-corrected chi connectivity index (χ0v) is 15.4. The van der Waals surface area contributed by atoms with Crippen LogP contribution < -0.4 is 4.90 Å². The van der Waals surface area contributed by atoms with Crippen LogP contribution in [0.1, 0.15) is 6.92 Å². The zero-order valence-electron chi connectivity index (χ0n) is 14.6. The van der Waals surface area contributed by atoms with Gasteiger partial charge in [0.25, 0.3) is 0 Å². The summed E-state index contributed by atoms with van der Waals surface area (Å²) >= 11 is 6.02. The summed E-state index contributed by atoms with van der Waals surface area (Å²) in [7, 11) is 1.92. The van der Waals surface area contributed by atoms with Gasteiger partial charge < -0.3 is 29.7 Å². The number of aliphatic hydroxyl groups excluding tert-OH is 3. The summed E-state index contributed by atoms with van der Waals surface area (Å²) in [5.41, 5.74) is 1.78. The molecule has 7 nitrogen and oxygen atoms in total. The smallest absolute Gasteiger partial charge is 0.186 e. The molecule has 0 saturated carbocycles. The highest BCUT2D eigenvalue weighted by atomic mass is 35.5. The van der Waals surface area contributed by atoms with Crippen molar-refractivity contribution in [3.8, 4) is 0 Å². The minimum atomic E-state index is -1.30. The van der Waals surface area contributed by atoms with E-state index in [-0.39, 0.29) is 6.61 Å². The molecule has 3 N–H and O–H groups in total. The summed E-state index contributed by atoms with van der Waals surface area (Å²) in [5.74, 6) is 0. The fraction of sp³-hybridized carbons (Fsp3) is 0.500. The molecule has 0 bridgehead atoms. The molecule has 8 heteroatoms. The van der Waals surface area contributed by atoms with Gasteiger partial charge in [0.2, 0.25) is 0 Å². The molecular weight excluding hydrogens is 360 g/mol. The van der Waals surface area contributed by atoms with Crippen molar-refractivity contribution in [2.75, 3.05) is 25.1 Å².